The molecule has 8 nitrogen and oxygen atoms in total. The van der Waals surface area contributed by atoms with Crippen molar-refractivity contribution < 1.29 is 9.72 Å². The number of fused-ring (bicyclic) bond motifs is 1. The van der Waals surface area contributed by atoms with Crippen molar-refractivity contribution in [3.05, 3.63) is 110 Å². The second-order valence-electron chi connectivity index (χ2n) is 8.28. The van der Waals surface area contributed by atoms with Crippen molar-refractivity contribution in [1.82, 2.24) is 14.5 Å². The van der Waals surface area contributed by atoms with Gasteiger partial charge in [0.15, 0.2) is 0 Å². The van der Waals surface area contributed by atoms with Gasteiger partial charge in [0.1, 0.15) is 5.82 Å². The average Bonchev–Trinajstić information content (AvgIpc) is 2.87. The molecule has 4 aromatic rings. The highest BCUT2D eigenvalue weighted by Crippen LogP contribution is 2.28. The van der Waals surface area contributed by atoms with E-state index in [0.29, 0.717) is 40.9 Å². The number of para-hydroxylation sites is 1. The number of rotatable bonds is 7. The van der Waals surface area contributed by atoms with Gasteiger partial charge in [-0.25, -0.2) is 4.98 Å². The van der Waals surface area contributed by atoms with Crippen LogP contribution in [-0.4, -0.2) is 31.8 Å². The summed E-state index contributed by atoms with van der Waals surface area (Å²) in [6, 6.07) is 19.8. The number of nitrogens with zero attached hydrogens (tertiary/aromatic N) is 4. The Kier molecular flexibility index (Phi) is 6.73. The first-order valence-corrected chi connectivity index (χ1v) is 11.5. The van der Waals surface area contributed by atoms with E-state index < -0.39 is 11.0 Å². The number of carbonyl (C=O) groups is 1. The number of nitro benzene ring substituents is 1. The molecule has 0 fully saturated rings. The minimum Gasteiger partial charge on any atom is -0.329 e. The summed E-state index contributed by atoms with van der Waals surface area (Å²) >= 11 is 0. The smallest absolute Gasteiger partial charge is 0.269 e. The highest BCUT2D eigenvalue weighted by atomic mass is 16.6. The Hall–Kier alpha value is -4.33. The van der Waals surface area contributed by atoms with E-state index in [-0.39, 0.29) is 17.2 Å². The number of benzene rings is 3. The molecule has 0 aliphatic heterocycles. The molecular formula is C27H26N4O4. The number of carbonyl (C=O) groups excluding carboxylic acids is 1. The lowest BCUT2D eigenvalue weighted by Gasteiger charge is -2.31. The zero-order chi connectivity index (χ0) is 25.1. The van der Waals surface area contributed by atoms with Crippen LogP contribution in [0.1, 0.15) is 48.1 Å². The fraction of sp³-hybridized carbons (Fsp3) is 0.222. The van der Waals surface area contributed by atoms with Gasteiger partial charge in [0, 0.05) is 24.2 Å². The third-order valence-corrected chi connectivity index (χ3v) is 6.08. The molecule has 0 N–H and O–H groups in total. The molecule has 8 heteroatoms. The molecule has 0 aliphatic carbocycles. The maximum Gasteiger partial charge on any atom is 0.269 e. The Morgan fingerprint density at radius 1 is 1.03 bits per heavy atom. The molecule has 1 unspecified atom stereocenters. The normalized spacial score (nSPS) is 11.9. The maximum absolute atomic E-state index is 13.7. The summed E-state index contributed by atoms with van der Waals surface area (Å²) in [5, 5.41) is 11.5. The summed E-state index contributed by atoms with van der Waals surface area (Å²) in [6.45, 7) is 6.14. The van der Waals surface area contributed by atoms with Crippen LogP contribution in [0.2, 0.25) is 0 Å². The van der Waals surface area contributed by atoms with Crippen LogP contribution in [0, 0.1) is 17.0 Å². The molecular weight excluding hydrogens is 444 g/mol. The van der Waals surface area contributed by atoms with Gasteiger partial charge in [-0.1, -0.05) is 36.8 Å². The van der Waals surface area contributed by atoms with E-state index in [1.807, 2.05) is 51.1 Å². The zero-order valence-corrected chi connectivity index (χ0v) is 19.8. The van der Waals surface area contributed by atoms with Crippen LogP contribution in [0.5, 0.6) is 0 Å². The van der Waals surface area contributed by atoms with Crippen molar-refractivity contribution in [1.29, 1.82) is 0 Å². The molecule has 1 aromatic heterocycles. The van der Waals surface area contributed by atoms with Gasteiger partial charge in [-0.15, -0.1) is 0 Å². The number of non-ortho nitro benzene ring substituents is 1. The standard InChI is InChI=1S/C27H26N4O4/c1-4-24(29(5-2)26(32)19-12-16-21(17-13-19)31(34)35)25-28-23-9-7-6-8-22(23)27(33)30(25)20-14-10-18(3)11-15-20/h6-17,24H,4-5H2,1-3H3. The molecule has 1 heterocycles. The Bertz CT molecular complexity index is 1440. The molecule has 0 spiro atoms. The number of nitro groups is 1. The molecule has 0 saturated heterocycles. The molecule has 3 aromatic carbocycles. The van der Waals surface area contributed by atoms with Gasteiger partial charge in [0.25, 0.3) is 17.2 Å². The molecule has 0 bridgehead atoms. The summed E-state index contributed by atoms with van der Waals surface area (Å²) in [4.78, 5) is 44.2. The lowest BCUT2D eigenvalue weighted by atomic mass is 10.1. The SMILES string of the molecule is CCC(c1nc2ccccc2c(=O)n1-c1ccc(C)cc1)N(CC)C(=O)c1ccc([N+](=O)[O-])cc1. The third-order valence-electron chi connectivity index (χ3n) is 6.08. The van der Waals surface area contributed by atoms with Crippen molar-refractivity contribution in [2.24, 2.45) is 0 Å². The van der Waals surface area contributed by atoms with Gasteiger partial charge < -0.3 is 4.90 Å². The van der Waals surface area contributed by atoms with E-state index in [9.17, 15) is 19.7 Å². The van der Waals surface area contributed by atoms with Crippen LogP contribution < -0.4 is 5.56 Å². The number of aryl methyl sites for hydroxylation is 1. The molecule has 35 heavy (non-hydrogen) atoms. The van der Waals surface area contributed by atoms with Crippen LogP contribution >= 0.6 is 0 Å². The maximum atomic E-state index is 13.7. The summed E-state index contributed by atoms with van der Waals surface area (Å²) in [7, 11) is 0. The highest BCUT2D eigenvalue weighted by Gasteiger charge is 2.29. The summed E-state index contributed by atoms with van der Waals surface area (Å²) in [6.07, 6.45) is 0.517. The highest BCUT2D eigenvalue weighted by molar-refractivity contribution is 5.94. The van der Waals surface area contributed by atoms with E-state index in [1.165, 1.54) is 24.3 Å². The van der Waals surface area contributed by atoms with Crippen LogP contribution in [0.25, 0.3) is 16.6 Å². The van der Waals surface area contributed by atoms with E-state index >= 15 is 0 Å². The van der Waals surface area contributed by atoms with E-state index in [1.54, 1.807) is 27.7 Å². The largest absolute Gasteiger partial charge is 0.329 e. The molecule has 178 valence electrons. The number of aromatic nitrogens is 2. The van der Waals surface area contributed by atoms with Gasteiger partial charge in [0.2, 0.25) is 0 Å². The fourth-order valence-electron chi connectivity index (χ4n) is 4.26. The van der Waals surface area contributed by atoms with Crippen molar-refractivity contribution in [3.8, 4) is 5.69 Å². The Balaban J connectivity index is 1.88. The molecule has 1 atom stereocenters. The zero-order valence-electron chi connectivity index (χ0n) is 19.8. The van der Waals surface area contributed by atoms with E-state index in [2.05, 4.69) is 0 Å². The van der Waals surface area contributed by atoms with Crippen molar-refractivity contribution in [2.45, 2.75) is 33.2 Å². The van der Waals surface area contributed by atoms with Crippen molar-refractivity contribution in [3.63, 3.8) is 0 Å². The second-order valence-corrected chi connectivity index (χ2v) is 8.28. The third kappa shape index (κ3) is 4.55. The van der Waals surface area contributed by atoms with Crippen LogP contribution in [0.3, 0.4) is 0 Å². The minimum absolute atomic E-state index is 0.0824. The van der Waals surface area contributed by atoms with Crippen molar-refractivity contribution >= 4 is 22.5 Å². The predicted octanol–water partition coefficient (Wildman–Crippen LogP) is 5.22. The van der Waals surface area contributed by atoms with Crippen LogP contribution in [0.15, 0.2) is 77.6 Å². The quantitative estimate of drug-likeness (QED) is 0.273. The number of hydrogen-bond donors (Lipinski definition) is 0. The lowest BCUT2D eigenvalue weighted by Crippen LogP contribution is -2.38. The lowest BCUT2D eigenvalue weighted by molar-refractivity contribution is -0.384. The van der Waals surface area contributed by atoms with Gasteiger partial charge in [-0.2, -0.15) is 0 Å². The van der Waals surface area contributed by atoms with Crippen LogP contribution in [-0.2, 0) is 0 Å². The molecule has 4 rings (SSSR count). The second kappa shape index (κ2) is 9.89. The summed E-state index contributed by atoms with van der Waals surface area (Å²) < 4.78 is 1.59. The Morgan fingerprint density at radius 3 is 2.29 bits per heavy atom. The average molecular weight is 471 g/mol. The summed E-state index contributed by atoms with van der Waals surface area (Å²) in [5.41, 5.74) is 2.35. The van der Waals surface area contributed by atoms with Gasteiger partial charge in [-0.3, -0.25) is 24.3 Å². The summed E-state index contributed by atoms with van der Waals surface area (Å²) in [5.74, 6) is 0.185. The Morgan fingerprint density at radius 2 is 1.69 bits per heavy atom. The van der Waals surface area contributed by atoms with Gasteiger partial charge >= 0.3 is 0 Å². The topological polar surface area (TPSA) is 98.3 Å². The van der Waals surface area contributed by atoms with E-state index in [4.69, 9.17) is 4.98 Å². The van der Waals surface area contributed by atoms with Crippen molar-refractivity contribution in [2.75, 3.05) is 6.54 Å². The first-order chi connectivity index (χ1) is 16.8. The first kappa shape index (κ1) is 23.8. The van der Waals surface area contributed by atoms with Gasteiger partial charge in [-0.05, 0) is 56.7 Å². The number of amides is 1. The first-order valence-electron chi connectivity index (χ1n) is 11.5. The monoisotopic (exact) mass is 470 g/mol. The fourth-order valence-corrected chi connectivity index (χ4v) is 4.26. The minimum atomic E-state index is -0.500. The molecule has 1 amide bonds. The molecule has 0 saturated carbocycles. The molecule has 0 radical (unpaired) electrons. The predicted molar refractivity (Wildman–Crippen MR) is 135 cm³/mol. The number of hydrogen-bond acceptors (Lipinski definition) is 5. The van der Waals surface area contributed by atoms with Gasteiger partial charge in [0.05, 0.1) is 27.6 Å². The van der Waals surface area contributed by atoms with E-state index in [0.717, 1.165) is 5.56 Å². The molecule has 0 aliphatic rings. The van der Waals surface area contributed by atoms with Crippen LogP contribution in [0.4, 0.5) is 5.69 Å². The Labute approximate surface area is 202 Å².